The topological polar surface area (TPSA) is 101 Å². The van der Waals surface area contributed by atoms with E-state index in [1.165, 1.54) is 4.90 Å². The molecule has 3 aromatic rings. The number of benzene rings is 2. The fourth-order valence-corrected chi connectivity index (χ4v) is 5.71. The molecule has 0 bridgehead atoms. The molecule has 0 fully saturated rings. The number of nitrogens with one attached hydrogen (secondary N) is 2. The summed E-state index contributed by atoms with van der Waals surface area (Å²) in [5.41, 5.74) is 4.64. The van der Waals surface area contributed by atoms with Gasteiger partial charge >= 0.3 is 5.97 Å². The number of amides is 2. The molecule has 1 aromatic heterocycles. The van der Waals surface area contributed by atoms with Gasteiger partial charge in [0.15, 0.2) is 0 Å². The van der Waals surface area contributed by atoms with Crippen LogP contribution in [0.1, 0.15) is 34.0 Å². The van der Waals surface area contributed by atoms with E-state index in [0.29, 0.717) is 24.9 Å². The third-order valence-corrected chi connectivity index (χ3v) is 7.50. The van der Waals surface area contributed by atoms with E-state index in [1.54, 1.807) is 13.1 Å². The normalized spacial score (nSPS) is 19.2. The molecule has 2 aromatic carbocycles. The minimum atomic E-state index is -0.621. The molecule has 192 valence electrons. The van der Waals surface area contributed by atoms with Gasteiger partial charge in [0.25, 0.3) is 5.91 Å². The monoisotopic (exact) mass is 508 g/mol. The van der Waals surface area contributed by atoms with E-state index in [2.05, 4.69) is 21.7 Å². The summed E-state index contributed by atoms with van der Waals surface area (Å²) in [6.07, 6.45) is 6.85. The Morgan fingerprint density at radius 2 is 1.89 bits per heavy atom. The number of rotatable bonds is 6. The molecule has 2 amide bonds. The smallest absolute Gasteiger partial charge is 0.325 e. The Kier molecular flexibility index (Phi) is 5.94. The van der Waals surface area contributed by atoms with E-state index in [0.717, 1.165) is 39.0 Å². The second-order valence-electron chi connectivity index (χ2n) is 9.95. The van der Waals surface area contributed by atoms with Crippen molar-refractivity contribution in [2.24, 2.45) is 5.41 Å². The van der Waals surface area contributed by atoms with Gasteiger partial charge in [-0.1, -0.05) is 42.5 Å². The Bertz CT molecular complexity index is 1530. The summed E-state index contributed by atoms with van der Waals surface area (Å²) < 4.78 is 5.11. The van der Waals surface area contributed by atoms with Crippen LogP contribution in [0.3, 0.4) is 0 Å². The van der Waals surface area contributed by atoms with Gasteiger partial charge < -0.3 is 20.3 Å². The summed E-state index contributed by atoms with van der Waals surface area (Å²) in [5.74, 6) is 0.0715. The van der Waals surface area contributed by atoms with Crippen LogP contribution in [0.2, 0.25) is 0 Å². The van der Waals surface area contributed by atoms with Gasteiger partial charge in [-0.3, -0.25) is 19.4 Å². The molecule has 0 saturated carbocycles. The molecule has 0 radical (unpaired) electrons. The molecule has 3 aliphatic rings. The average Bonchev–Trinajstić information content (AvgIpc) is 3.43. The molecule has 6 rings (SSSR count). The third kappa shape index (κ3) is 4.12. The molecule has 0 saturated heterocycles. The first-order valence-electron chi connectivity index (χ1n) is 12.8. The van der Waals surface area contributed by atoms with E-state index in [4.69, 9.17) is 4.74 Å². The van der Waals surface area contributed by atoms with Crippen molar-refractivity contribution in [3.63, 3.8) is 0 Å². The van der Waals surface area contributed by atoms with Crippen LogP contribution < -0.4 is 10.6 Å². The molecular weight excluding hydrogens is 480 g/mol. The molecule has 38 heavy (non-hydrogen) atoms. The van der Waals surface area contributed by atoms with Crippen LogP contribution in [0.4, 0.5) is 0 Å². The Morgan fingerprint density at radius 3 is 2.68 bits per heavy atom. The van der Waals surface area contributed by atoms with Gasteiger partial charge in [0, 0.05) is 30.2 Å². The lowest BCUT2D eigenvalue weighted by Crippen LogP contribution is -2.36. The minimum Gasteiger partial charge on any atom is -0.465 e. The van der Waals surface area contributed by atoms with Crippen LogP contribution in [0.15, 0.2) is 78.3 Å². The lowest BCUT2D eigenvalue weighted by molar-refractivity contribution is -0.144. The molecular formula is C30H28N4O4. The largest absolute Gasteiger partial charge is 0.465 e. The van der Waals surface area contributed by atoms with Gasteiger partial charge in [-0.15, -0.1) is 0 Å². The first-order chi connectivity index (χ1) is 18.5. The lowest BCUT2D eigenvalue weighted by Gasteiger charge is -2.23. The van der Waals surface area contributed by atoms with Crippen molar-refractivity contribution in [2.75, 3.05) is 19.7 Å². The highest BCUT2D eigenvalue weighted by molar-refractivity contribution is 5.99. The molecule has 1 aliphatic carbocycles. The highest BCUT2D eigenvalue weighted by Gasteiger charge is 2.51. The summed E-state index contributed by atoms with van der Waals surface area (Å²) in [7, 11) is 0. The van der Waals surface area contributed by atoms with E-state index in [9.17, 15) is 14.4 Å². The number of hydrogen-bond acceptors (Lipinski definition) is 6. The number of hydrogen-bond donors (Lipinski definition) is 2. The summed E-state index contributed by atoms with van der Waals surface area (Å²) in [4.78, 5) is 45.0. The van der Waals surface area contributed by atoms with Gasteiger partial charge in [-0.25, -0.2) is 0 Å². The number of carbonyl (C=O) groups excluding carboxylic acids is 3. The fourth-order valence-electron chi connectivity index (χ4n) is 5.71. The van der Waals surface area contributed by atoms with Crippen molar-refractivity contribution < 1.29 is 19.1 Å². The molecule has 3 heterocycles. The van der Waals surface area contributed by atoms with Crippen LogP contribution >= 0.6 is 0 Å². The number of allylic oxidation sites excluding steroid dienone is 1. The van der Waals surface area contributed by atoms with Gasteiger partial charge in [0.2, 0.25) is 5.91 Å². The van der Waals surface area contributed by atoms with Crippen molar-refractivity contribution in [1.29, 1.82) is 0 Å². The molecule has 1 atom stereocenters. The number of dihydropyridines is 1. The number of aromatic nitrogens is 1. The maximum absolute atomic E-state index is 13.6. The maximum atomic E-state index is 13.6. The number of nitrogens with zero attached hydrogens (tertiary/aromatic N) is 2. The molecule has 2 aliphatic heterocycles. The maximum Gasteiger partial charge on any atom is 0.325 e. The van der Waals surface area contributed by atoms with E-state index in [1.807, 2.05) is 54.6 Å². The number of fused-ring (bicyclic) bond motifs is 3. The van der Waals surface area contributed by atoms with Crippen LogP contribution in [0, 0.1) is 5.41 Å². The number of carbonyl (C=O) groups is 3. The minimum absolute atomic E-state index is 0.0150. The Balaban J connectivity index is 1.30. The van der Waals surface area contributed by atoms with Crippen LogP contribution in [-0.2, 0) is 33.7 Å². The van der Waals surface area contributed by atoms with Crippen LogP contribution in [0.5, 0.6) is 0 Å². The first-order valence-corrected chi connectivity index (χ1v) is 12.8. The van der Waals surface area contributed by atoms with Crippen molar-refractivity contribution in [3.05, 3.63) is 101 Å². The fraction of sp³-hybridized carbons (Fsp3) is 0.267. The average molecular weight is 509 g/mol. The van der Waals surface area contributed by atoms with E-state index >= 15 is 0 Å². The zero-order chi connectivity index (χ0) is 26.3. The van der Waals surface area contributed by atoms with Crippen molar-refractivity contribution >= 4 is 28.7 Å². The SMILES string of the molecule is CCOC(=O)CN(Cc1ccccc1)C(=O)c1cnc2cc3c(cc2c1)C[C@@]1(C3)C(=O)NC2=C1C=CCN2. The summed E-state index contributed by atoms with van der Waals surface area (Å²) in [6.45, 7) is 2.81. The molecule has 1 spiro atoms. The second-order valence-corrected chi connectivity index (χ2v) is 9.95. The summed E-state index contributed by atoms with van der Waals surface area (Å²) in [5, 5.41) is 7.11. The van der Waals surface area contributed by atoms with Gasteiger partial charge in [-0.05, 0) is 54.7 Å². The summed E-state index contributed by atoms with van der Waals surface area (Å²) >= 11 is 0. The molecule has 8 nitrogen and oxygen atoms in total. The van der Waals surface area contributed by atoms with Gasteiger partial charge in [0.05, 0.1) is 23.1 Å². The zero-order valence-electron chi connectivity index (χ0n) is 21.1. The van der Waals surface area contributed by atoms with Crippen LogP contribution in [0.25, 0.3) is 10.9 Å². The standard InChI is InChI=1S/C30H28N4O4/c1-2-38-26(35)18-34(17-19-7-4-3-5-8-19)28(36)23-12-20-11-21-14-30(15-22(21)13-25(20)32-16-23)24-9-6-10-31-27(24)33-29(30)37/h3-9,11-13,16,31H,2,10,14-15,17-18H2,1H3,(H,33,37)/t30-/m0/s1. The number of pyridine rings is 1. The van der Waals surface area contributed by atoms with Crippen LogP contribution in [-0.4, -0.2) is 47.4 Å². The molecule has 2 N–H and O–H groups in total. The van der Waals surface area contributed by atoms with Crippen molar-refractivity contribution in [2.45, 2.75) is 26.3 Å². The molecule has 0 unspecified atom stereocenters. The Hall–Kier alpha value is -4.46. The van der Waals surface area contributed by atoms with Crippen molar-refractivity contribution in [3.8, 4) is 0 Å². The van der Waals surface area contributed by atoms with E-state index < -0.39 is 11.4 Å². The zero-order valence-corrected chi connectivity index (χ0v) is 21.1. The van der Waals surface area contributed by atoms with E-state index in [-0.39, 0.29) is 31.5 Å². The van der Waals surface area contributed by atoms with Crippen molar-refractivity contribution in [1.82, 2.24) is 20.5 Å². The Labute approximate surface area is 220 Å². The number of esters is 1. The first kappa shape index (κ1) is 23.9. The predicted octanol–water partition coefficient (Wildman–Crippen LogP) is 3.03. The number of ether oxygens (including phenoxy) is 1. The predicted molar refractivity (Wildman–Crippen MR) is 142 cm³/mol. The Morgan fingerprint density at radius 1 is 1.11 bits per heavy atom. The highest BCUT2D eigenvalue weighted by atomic mass is 16.5. The van der Waals surface area contributed by atoms with Gasteiger partial charge in [-0.2, -0.15) is 0 Å². The molecule has 8 heteroatoms. The van der Waals surface area contributed by atoms with Gasteiger partial charge in [0.1, 0.15) is 12.4 Å². The highest BCUT2D eigenvalue weighted by Crippen LogP contribution is 2.48. The third-order valence-electron chi connectivity index (χ3n) is 7.50. The summed E-state index contributed by atoms with van der Waals surface area (Å²) in [6, 6.07) is 15.4. The quantitative estimate of drug-likeness (QED) is 0.497. The lowest BCUT2D eigenvalue weighted by atomic mass is 9.78. The second kappa shape index (κ2) is 9.45.